The van der Waals surface area contributed by atoms with Gasteiger partial charge in [0.05, 0.1) is 24.6 Å². The molecule has 108 valence electrons. The topological polar surface area (TPSA) is 82.8 Å². The largest absolute Gasteiger partial charge is 0.340 e. The van der Waals surface area contributed by atoms with Gasteiger partial charge in [0, 0.05) is 13.1 Å². The number of hydrogen-bond acceptors (Lipinski definition) is 5. The van der Waals surface area contributed by atoms with Crippen LogP contribution in [0, 0.1) is 6.92 Å². The number of imidazole rings is 1. The third-order valence-corrected chi connectivity index (χ3v) is 3.30. The molecule has 1 atom stereocenters. The van der Waals surface area contributed by atoms with Crippen molar-refractivity contribution in [1.82, 2.24) is 19.7 Å². The van der Waals surface area contributed by atoms with Crippen LogP contribution in [0.25, 0.3) is 0 Å². The fourth-order valence-electron chi connectivity index (χ4n) is 2.30. The first-order valence-electron chi connectivity index (χ1n) is 6.81. The molecule has 0 fully saturated rings. The molecule has 0 saturated carbocycles. The Bertz CT molecular complexity index is 704. The molecule has 1 aromatic carbocycles. The zero-order valence-electron chi connectivity index (χ0n) is 11.8. The summed E-state index contributed by atoms with van der Waals surface area (Å²) >= 11 is 0. The molecule has 0 aliphatic heterocycles. The van der Waals surface area contributed by atoms with Gasteiger partial charge in [0.2, 0.25) is 5.89 Å². The third kappa shape index (κ3) is 3.17. The maximum Gasteiger partial charge on any atom is 0.223 e. The molecule has 0 aliphatic rings. The zero-order valence-corrected chi connectivity index (χ0v) is 11.8. The number of hydrogen-bond donors (Lipinski definition) is 1. The van der Waals surface area contributed by atoms with E-state index in [4.69, 9.17) is 10.3 Å². The van der Waals surface area contributed by atoms with E-state index in [2.05, 4.69) is 27.3 Å². The summed E-state index contributed by atoms with van der Waals surface area (Å²) in [5, 5.41) is 3.90. The minimum absolute atomic E-state index is 0.122. The maximum absolute atomic E-state index is 6.31. The summed E-state index contributed by atoms with van der Waals surface area (Å²) in [6.45, 7) is 2.28. The van der Waals surface area contributed by atoms with E-state index < -0.39 is 0 Å². The first kappa shape index (κ1) is 13.5. The van der Waals surface area contributed by atoms with Crippen LogP contribution in [0.2, 0.25) is 0 Å². The molecule has 6 heteroatoms. The second-order valence-corrected chi connectivity index (χ2v) is 4.97. The molecule has 6 nitrogen and oxygen atoms in total. The second-order valence-electron chi connectivity index (χ2n) is 4.97. The van der Waals surface area contributed by atoms with E-state index in [-0.39, 0.29) is 6.04 Å². The average Bonchev–Trinajstić information content (AvgIpc) is 3.10. The monoisotopic (exact) mass is 283 g/mol. The standard InChI is InChI=1S/C15H17N5O/c1-11-18-15(19-21-11)9-20-10-17-8-14(20)13(16)7-12-5-3-2-4-6-12/h2-6,8,10,13H,7,9,16H2,1H3/t13-/m1/s1. The lowest BCUT2D eigenvalue weighted by atomic mass is 10.0. The Morgan fingerprint density at radius 2 is 2.10 bits per heavy atom. The molecule has 3 aromatic rings. The molecule has 2 N–H and O–H groups in total. The number of nitrogens with zero attached hydrogens (tertiary/aromatic N) is 4. The number of nitrogens with two attached hydrogens (primary N) is 1. The van der Waals surface area contributed by atoms with E-state index in [0.717, 1.165) is 12.1 Å². The molecule has 0 radical (unpaired) electrons. The van der Waals surface area contributed by atoms with Crippen molar-refractivity contribution in [3.63, 3.8) is 0 Å². The quantitative estimate of drug-likeness (QED) is 0.772. The fourth-order valence-corrected chi connectivity index (χ4v) is 2.30. The van der Waals surface area contributed by atoms with Gasteiger partial charge in [0.15, 0.2) is 5.82 Å². The van der Waals surface area contributed by atoms with Gasteiger partial charge in [0.1, 0.15) is 0 Å². The number of rotatable bonds is 5. The van der Waals surface area contributed by atoms with Crippen molar-refractivity contribution in [2.45, 2.75) is 25.9 Å². The minimum Gasteiger partial charge on any atom is -0.340 e. The van der Waals surface area contributed by atoms with Crippen molar-refractivity contribution in [2.75, 3.05) is 0 Å². The Morgan fingerprint density at radius 3 is 2.81 bits per heavy atom. The van der Waals surface area contributed by atoms with Crippen LogP contribution in [-0.2, 0) is 13.0 Å². The van der Waals surface area contributed by atoms with E-state index in [1.54, 1.807) is 19.4 Å². The van der Waals surface area contributed by atoms with E-state index in [9.17, 15) is 0 Å². The molecule has 21 heavy (non-hydrogen) atoms. The number of benzene rings is 1. The van der Waals surface area contributed by atoms with Crippen LogP contribution in [0.5, 0.6) is 0 Å². The molecule has 0 aliphatic carbocycles. The van der Waals surface area contributed by atoms with Gasteiger partial charge in [0.25, 0.3) is 0 Å². The highest BCUT2D eigenvalue weighted by molar-refractivity contribution is 5.18. The summed E-state index contributed by atoms with van der Waals surface area (Å²) in [4.78, 5) is 8.39. The number of aromatic nitrogens is 4. The molecular weight excluding hydrogens is 266 g/mol. The molecule has 0 saturated heterocycles. The van der Waals surface area contributed by atoms with Gasteiger partial charge in [-0.25, -0.2) is 4.98 Å². The van der Waals surface area contributed by atoms with Crippen LogP contribution >= 0.6 is 0 Å². The highest BCUT2D eigenvalue weighted by Crippen LogP contribution is 2.16. The Hall–Kier alpha value is -2.47. The third-order valence-electron chi connectivity index (χ3n) is 3.30. The van der Waals surface area contributed by atoms with Gasteiger partial charge in [-0.2, -0.15) is 4.98 Å². The van der Waals surface area contributed by atoms with E-state index in [1.165, 1.54) is 5.56 Å². The van der Waals surface area contributed by atoms with Crippen molar-refractivity contribution in [1.29, 1.82) is 0 Å². The van der Waals surface area contributed by atoms with E-state index in [1.807, 2.05) is 22.8 Å². The molecule has 0 spiro atoms. The number of aryl methyl sites for hydroxylation is 1. The van der Waals surface area contributed by atoms with Crippen molar-refractivity contribution >= 4 is 0 Å². The summed E-state index contributed by atoms with van der Waals surface area (Å²) in [5.41, 5.74) is 8.47. The summed E-state index contributed by atoms with van der Waals surface area (Å²) in [6.07, 6.45) is 4.30. The molecule has 0 unspecified atom stereocenters. The minimum atomic E-state index is -0.122. The summed E-state index contributed by atoms with van der Waals surface area (Å²) in [7, 11) is 0. The van der Waals surface area contributed by atoms with Gasteiger partial charge < -0.3 is 14.8 Å². The van der Waals surface area contributed by atoms with Crippen molar-refractivity contribution < 1.29 is 4.52 Å². The zero-order chi connectivity index (χ0) is 14.7. The smallest absolute Gasteiger partial charge is 0.223 e. The van der Waals surface area contributed by atoms with Crippen LogP contribution in [0.1, 0.15) is 29.0 Å². The summed E-state index contributed by atoms with van der Waals surface area (Å²) < 4.78 is 6.94. The van der Waals surface area contributed by atoms with Gasteiger partial charge in [-0.1, -0.05) is 35.5 Å². The van der Waals surface area contributed by atoms with E-state index >= 15 is 0 Å². The predicted molar refractivity (Wildman–Crippen MR) is 77.4 cm³/mol. The second kappa shape index (κ2) is 5.88. The molecule has 2 aromatic heterocycles. The lowest BCUT2D eigenvalue weighted by molar-refractivity contribution is 0.385. The van der Waals surface area contributed by atoms with Crippen LogP contribution in [0.4, 0.5) is 0 Å². The molecule has 2 heterocycles. The summed E-state index contributed by atoms with van der Waals surface area (Å²) in [6, 6.07) is 10.1. The molecule has 3 rings (SSSR count). The lowest BCUT2D eigenvalue weighted by Gasteiger charge is -2.13. The highest BCUT2D eigenvalue weighted by Gasteiger charge is 2.14. The van der Waals surface area contributed by atoms with Gasteiger partial charge in [-0.05, 0) is 12.0 Å². The fraction of sp³-hybridized carbons (Fsp3) is 0.267. The average molecular weight is 283 g/mol. The first-order valence-corrected chi connectivity index (χ1v) is 6.81. The van der Waals surface area contributed by atoms with Crippen molar-refractivity contribution in [2.24, 2.45) is 5.73 Å². The van der Waals surface area contributed by atoms with Crippen LogP contribution in [0.3, 0.4) is 0 Å². The van der Waals surface area contributed by atoms with Crippen LogP contribution < -0.4 is 5.73 Å². The lowest BCUT2D eigenvalue weighted by Crippen LogP contribution is -2.18. The van der Waals surface area contributed by atoms with Crippen LogP contribution in [-0.4, -0.2) is 19.7 Å². The van der Waals surface area contributed by atoms with Gasteiger partial charge >= 0.3 is 0 Å². The molecule has 0 amide bonds. The SMILES string of the molecule is Cc1nc(Cn2cncc2[C@H](N)Cc2ccccc2)no1. The first-order chi connectivity index (χ1) is 10.2. The predicted octanol–water partition coefficient (Wildman–Crippen LogP) is 1.87. The van der Waals surface area contributed by atoms with E-state index in [0.29, 0.717) is 18.3 Å². The molecular formula is C15H17N5O. The van der Waals surface area contributed by atoms with Crippen molar-refractivity contribution in [3.8, 4) is 0 Å². The van der Waals surface area contributed by atoms with Gasteiger partial charge in [-0.15, -0.1) is 0 Å². The Labute approximate surface area is 122 Å². The van der Waals surface area contributed by atoms with Crippen LogP contribution in [0.15, 0.2) is 47.4 Å². The Morgan fingerprint density at radius 1 is 1.29 bits per heavy atom. The highest BCUT2D eigenvalue weighted by atomic mass is 16.5. The normalized spacial score (nSPS) is 12.5. The Kier molecular flexibility index (Phi) is 3.79. The van der Waals surface area contributed by atoms with Crippen molar-refractivity contribution in [3.05, 3.63) is 65.8 Å². The Balaban J connectivity index is 1.75. The molecule has 0 bridgehead atoms. The maximum atomic E-state index is 6.31. The van der Waals surface area contributed by atoms with Gasteiger partial charge in [-0.3, -0.25) is 0 Å². The summed E-state index contributed by atoms with van der Waals surface area (Å²) in [5.74, 6) is 1.18.